The molecule has 1 aliphatic rings. The summed E-state index contributed by atoms with van der Waals surface area (Å²) in [6.07, 6.45) is 0. The SMILES string of the molecule is COCCN1C(=O)c2[nH]nc(-c3cc(Cl)c(C)cc3O)c2[C@H]1c1cc(Br)c(O)c(OC)c1. The van der Waals surface area contributed by atoms with E-state index in [0.717, 1.165) is 5.56 Å². The summed E-state index contributed by atoms with van der Waals surface area (Å²) in [5, 5.41) is 28.5. The van der Waals surface area contributed by atoms with E-state index in [1.165, 1.54) is 7.11 Å². The van der Waals surface area contributed by atoms with E-state index < -0.39 is 6.04 Å². The monoisotopic (exact) mass is 521 g/mol. The Morgan fingerprint density at radius 3 is 2.69 bits per heavy atom. The number of aryl methyl sites for hydroxylation is 1. The van der Waals surface area contributed by atoms with E-state index in [0.29, 0.717) is 50.7 Å². The number of methoxy groups -OCH3 is 2. The number of phenolic OH excluding ortho intramolecular Hbond substituents is 2. The highest BCUT2D eigenvalue weighted by molar-refractivity contribution is 9.10. The Labute approximate surface area is 197 Å². The van der Waals surface area contributed by atoms with Crippen LogP contribution in [0.1, 0.15) is 33.2 Å². The highest BCUT2D eigenvalue weighted by atomic mass is 79.9. The number of nitrogens with one attached hydrogen (secondary N) is 1. The smallest absolute Gasteiger partial charge is 0.273 e. The van der Waals surface area contributed by atoms with Gasteiger partial charge >= 0.3 is 0 Å². The van der Waals surface area contributed by atoms with Crippen LogP contribution in [0.25, 0.3) is 11.3 Å². The molecule has 8 nitrogen and oxygen atoms in total. The van der Waals surface area contributed by atoms with Crippen LogP contribution in [-0.4, -0.2) is 58.6 Å². The van der Waals surface area contributed by atoms with Crippen molar-refractivity contribution in [3.63, 3.8) is 0 Å². The standard InChI is InChI=1S/C22H21BrClN3O5/c1-10-6-15(28)12(9-14(10)24)18-17-19(26-25-18)22(30)27(4-5-31-2)20(17)11-7-13(23)21(29)16(8-11)32-3/h6-9,20,28-29H,4-5H2,1-3H3,(H,25,26)/t20-/m1/s1. The summed E-state index contributed by atoms with van der Waals surface area (Å²) in [7, 11) is 3.02. The highest BCUT2D eigenvalue weighted by Gasteiger charge is 2.42. The van der Waals surface area contributed by atoms with E-state index in [9.17, 15) is 15.0 Å². The van der Waals surface area contributed by atoms with Gasteiger partial charge in [-0.15, -0.1) is 0 Å². The number of rotatable bonds is 6. The molecular formula is C22H21BrClN3O5. The van der Waals surface area contributed by atoms with Crippen LogP contribution in [0.3, 0.4) is 0 Å². The Morgan fingerprint density at radius 1 is 1.25 bits per heavy atom. The molecule has 10 heteroatoms. The van der Waals surface area contributed by atoms with Crippen molar-refractivity contribution in [1.29, 1.82) is 0 Å². The van der Waals surface area contributed by atoms with E-state index in [2.05, 4.69) is 26.1 Å². The number of H-pyrrole nitrogens is 1. The molecule has 1 atom stereocenters. The largest absolute Gasteiger partial charge is 0.507 e. The highest BCUT2D eigenvalue weighted by Crippen LogP contribution is 2.47. The number of aromatic hydroxyl groups is 2. The summed E-state index contributed by atoms with van der Waals surface area (Å²) in [5.41, 5.74) is 3.16. The normalized spacial score (nSPS) is 15.3. The van der Waals surface area contributed by atoms with E-state index >= 15 is 0 Å². The number of hydrogen-bond donors (Lipinski definition) is 3. The Balaban J connectivity index is 1.94. The van der Waals surface area contributed by atoms with Gasteiger partial charge in [-0.1, -0.05) is 11.6 Å². The topological polar surface area (TPSA) is 108 Å². The zero-order chi connectivity index (χ0) is 23.2. The van der Waals surface area contributed by atoms with Gasteiger partial charge < -0.3 is 24.6 Å². The second-order valence-electron chi connectivity index (χ2n) is 7.43. The number of halogens is 2. The van der Waals surface area contributed by atoms with E-state index in [-0.39, 0.29) is 23.2 Å². The molecule has 0 saturated carbocycles. The minimum atomic E-state index is -0.563. The average molecular weight is 523 g/mol. The molecule has 0 bridgehead atoms. The number of hydrogen-bond acceptors (Lipinski definition) is 6. The van der Waals surface area contributed by atoms with Gasteiger partial charge in [-0.2, -0.15) is 5.10 Å². The molecule has 1 aliphatic heterocycles. The molecule has 1 aromatic heterocycles. The fourth-order valence-corrected chi connectivity index (χ4v) is 4.56. The van der Waals surface area contributed by atoms with Gasteiger partial charge in [0.15, 0.2) is 11.5 Å². The number of ether oxygens (including phenoxy) is 2. The molecule has 0 aliphatic carbocycles. The first-order valence-corrected chi connectivity index (χ1v) is 10.9. The number of carbonyl (C=O) groups excluding carboxylic acids is 1. The summed E-state index contributed by atoms with van der Waals surface area (Å²) in [6.45, 7) is 2.44. The lowest BCUT2D eigenvalue weighted by atomic mass is 9.95. The quantitative estimate of drug-likeness (QED) is 0.443. The summed E-state index contributed by atoms with van der Waals surface area (Å²) >= 11 is 9.67. The molecule has 4 rings (SSSR count). The number of amides is 1. The van der Waals surface area contributed by atoms with Crippen molar-refractivity contribution in [2.75, 3.05) is 27.4 Å². The fraction of sp³-hybridized carbons (Fsp3) is 0.273. The summed E-state index contributed by atoms with van der Waals surface area (Å²) in [4.78, 5) is 14.9. The second kappa shape index (κ2) is 8.65. The molecule has 168 valence electrons. The maximum atomic E-state index is 13.3. The zero-order valence-electron chi connectivity index (χ0n) is 17.6. The molecule has 0 fully saturated rings. The van der Waals surface area contributed by atoms with Crippen molar-refractivity contribution in [2.24, 2.45) is 0 Å². The molecule has 3 aromatic rings. The number of carbonyl (C=O) groups is 1. The lowest BCUT2D eigenvalue weighted by molar-refractivity contribution is 0.0677. The number of aromatic amines is 1. The molecular weight excluding hydrogens is 502 g/mol. The van der Waals surface area contributed by atoms with Crippen molar-refractivity contribution >= 4 is 33.4 Å². The molecule has 3 N–H and O–H groups in total. The molecule has 2 aromatic carbocycles. The molecule has 0 saturated heterocycles. The predicted molar refractivity (Wildman–Crippen MR) is 123 cm³/mol. The first-order valence-electron chi connectivity index (χ1n) is 9.72. The Kier molecular flexibility index (Phi) is 6.07. The summed E-state index contributed by atoms with van der Waals surface area (Å²) < 4.78 is 10.9. The van der Waals surface area contributed by atoms with Gasteiger partial charge in [0.05, 0.1) is 24.2 Å². The molecule has 0 radical (unpaired) electrons. The lowest BCUT2D eigenvalue weighted by Crippen LogP contribution is -2.32. The minimum absolute atomic E-state index is 0.00667. The van der Waals surface area contributed by atoms with Crippen molar-refractivity contribution in [2.45, 2.75) is 13.0 Å². The number of fused-ring (bicyclic) bond motifs is 1. The van der Waals surface area contributed by atoms with Crippen LogP contribution in [0.2, 0.25) is 5.02 Å². The van der Waals surface area contributed by atoms with Crippen LogP contribution in [0.4, 0.5) is 0 Å². The van der Waals surface area contributed by atoms with Gasteiger partial charge in [0.2, 0.25) is 0 Å². The number of nitrogens with zero attached hydrogens (tertiary/aromatic N) is 2. The lowest BCUT2D eigenvalue weighted by Gasteiger charge is -2.27. The second-order valence-corrected chi connectivity index (χ2v) is 8.69. The minimum Gasteiger partial charge on any atom is -0.507 e. The summed E-state index contributed by atoms with van der Waals surface area (Å²) in [5.74, 6) is -0.0262. The number of benzene rings is 2. The Bertz CT molecular complexity index is 1210. The van der Waals surface area contributed by atoms with E-state index in [4.69, 9.17) is 21.1 Å². The molecule has 2 heterocycles. The fourth-order valence-electron chi connectivity index (χ4n) is 3.93. The third-order valence-electron chi connectivity index (χ3n) is 5.52. The molecule has 0 spiro atoms. The first kappa shape index (κ1) is 22.4. The Morgan fingerprint density at radius 2 is 2.00 bits per heavy atom. The van der Waals surface area contributed by atoms with Crippen molar-refractivity contribution in [3.05, 3.63) is 56.1 Å². The average Bonchev–Trinajstić information content (AvgIpc) is 3.30. The van der Waals surface area contributed by atoms with E-state index in [1.807, 2.05) is 0 Å². The van der Waals surface area contributed by atoms with Crippen molar-refractivity contribution in [1.82, 2.24) is 15.1 Å². The van der Waals surface area contributed by atoms with Crippen molar-refractivity contribution in [3.8, 4) is 28.5 Å². The summed E-state index contributed by atoms with van der Waals surface area (Å²) in [6, 6.07) is 6.03. The van der Waals surface area contributed by atoms with Gasteiger partial charge in [-0.05, 0) is 58.2 Å². The van der Waals surface area contributed by atoms with Gasteiger partial charge in [-0.3, -0.25) is 9.89 Å². The van der Waals surface area contributed by atoms with Crippen LogP contribution in [0, 0.1) is 6.92 Å². The third kappa shape index (κ3) is 3.60. The first-order chi connectivity index (χ1) is 15.3. The Hall–Kier alpha value is -2.75. The van der Waals surface area contributed by atoms with Gasteiger partial charge in [0, 0.05) is 29.8 Å². The van der Waals surface area contributed by atoms with Crippen LogP contribution in [-0.2, 0) is 4.74 Å². The van der Waals surface area contributed by atoms with E-state index in [1.54, 1.807) is 43.2 Å². The molecule has 0 unspecified atom stereocenters. The van der Waals surface area contributed by atoms with Gasteiger partial charge in [0.25, 0.3) is 5.91 Å². The number of phenols is 2. The molecule has 32 heavy (non-hydrogen) atoms. The molecule has 1 amide bonds. The third-order valence-corrected chi connectivity index (χ3v) is 6.53. The van der Waals surface area contributed by atoms with Crippen LogP contribution in [0.15, 0.2) is 28.7 Å². The van der Waals surface area contributed by atoms with Crippen LogP contribution < -0.4 is 4.74 Å². The number of aromatic nitrogens is 2. The van der Waals surface area contributed by atoms with Gasteiger partial charge in [-0.25, -0.2) is 0 Å². The predicted octanol–water partition coefficient (Wildman–Crippen LogP) is 4.41. The van der Waals surface area contributed by atoms with Crippen molar-refractivity contribution < 1.29 is 24.5 Å². The van der Waals surface area contributed by atoms with Crippen LogP contribution in [0.5, 0.6) is 17.2 Å². The maximum Gasteiger partial charge on any atom is 0.273 e. The zero-order valence-corrected chi connectivity index (χ0v) is 19.9. The van der Waals surface area contributed by atoms with Crippen LogP contribution >= 0.6 is 27.5 Å². The van der Waals surface area contributed by atoms with Gasteiger partial charge in [0.1, 0.15) is 17.1 Å². The maximum absolute atomic E-state index is 13.3.